The Labute approximate surface area is 195 Å². The molecule has 7 heteroatoms. The molecule has 3 rings (SSSR count). The lowest BCUT2D eigenvalue weighted by Gasteiger charge is -2.27. The van der Waals surface area contributed by atoms with Gasteiger partial charge in [0.25, 0.3) is 0 Å². The van der Waals surface area contributed by atoms with Crippen molar-refractivity contribution in [1.82, 2.24) is 5.32 Å². The average Bonchev–Trinajstić information content (AvgIpc) is 3.26. The summed E-state index contributed by atoms with van der Waals surface area (Å²) in [6.45, 7) is 3.19. The normalized spacial score (nSPS) is 18.4. The number of benzene rings is 2. The second kappa shape index (κ2) is 11.3. The molecule has 1 atom stereocenters. The molecule has 1 aliphatic heterocycles. The number of nitrogens with one attached hydrogen (secondary N) is 1. The maximum atomic E-state index is 13.5. The lowest BCUT2D eigenvalue weighted by atomic mass is 10.1. The van der Waals surface area contributed by atoms with Crippen LogP contribution in [0.15, 0.2) is 53.4 Å². The molecule has 2 aromatic rings. The topological polar surface area (TPSA) is 55.4 Å². The molecular formula is C24H28ClNO3S2. The average molecular weight is 478 g/mol. The summed E-state index contributed by atoms with van der Waals surface area (Å²) >= 11 is 7.37. The lowest BCUT2D eigenvalue weighted by Crippen LogP contribution is -2.38. The Balaban J connectivity index is 1.64. The second-order valence-corrected chi connectivity index (χ2v) is 11.8. The summed E-state index contributed by atoms with van der Waals surface area (Å²) in [6.07, 6.45) is 3.95. The molecule has 1 unspecified atom stereocenters. The highest BCUT2D eigenvalue weighted by Gasteiger charge is 2.47. The minimum atomic E-state index is -3.50. The molecule has 1 heterocycles. The first kappa shape index (κ1) is 24.0. The van der Waals surface area contributed by atoms with E-state index in [0.717, 1.165) is 18.4 Å². The zero-order valence-electron chi connectivity index (χ0n) is 17.7. The summed E-state index contributed by atoms with van der Waals surface area (Å²) in [5.74, 6) is 7.60. The van der Waals surface area contributed by atoms with Crippen molar-refractivity contribution in [1.29, 1.82) is 0 Å². The minimum Gasteiger partial charge on any atom is -0.494 e. The first-order chi connectivity index (χ1) is 15.0. The largest absolute Gasteiger partial charge is 0.494 e. The van der Waals surface area contributed by atoms with Crippen molar-refractivity contribution in [3.05, 3.63) is 59.1 Å². The van der Waals surface area contributed by atoms with Gasteiger partial charge >= 0.3 is 0 Å². The molecule has 166 valence electrons. The highest BCUT2D eigenvalue weighted by Crippen LogP contribution is 2.42. The Bertz CT molecular complexity index is 1000. The molecule has 0 spiro atoms. The maximum Gasteiger partial charge on any atom is 0.194 e. The number of ether oxygens (including phenoxy) is 1. The Kier molecular flexibility index (Phi) is 8.74. The van der Waals surface area contributed by atoms with Crippen LogP contribution in [0.1, 0.15) is 44.6 Å². The van der Waals surface area contributed by atoms with E-state index in [1.807, 2.05) is 24.3 Å². The molecule has 0 aromatic heterocycles. The number of thioether (sulfide) groups is 1. The Hall–Kier alpha value is -1.65. The first-order valence-electron chi connectivity index (χ1n) is 10.5. The third-order valence-corrected chi connectivity index (χ3v) is 9.87. The van der Waals surface area contributed by atoms with Gasteiger partial charge in [0.1, 0.15) is 9.83 Å². The molecule has 1 aliphatic rings. The minimum absolute atomic E-state index is 0.346. The van der Waals surface area contributed by atoms with Gasteiger partial charge in [-0.2, -0.15) is 0 Å². The number of hydrogen-bond donors (Lipinski definition) is 1. The number of hydrogen-bond acceptors (Lipinski definition) is 5. The fourth-order valence-corrected chi connectivity index (χ4v) is 7.15. The van der Waals surface area contributed by atoms with Crippen LogP contribution in [0.3, 0.4) is 0 Å². The quantitative estimate of drug-likeness (QED) is 0.381. The fraction of sp³-hybridized carbons (Fsp3) is 0.417. The van der Waals surface area contributed by atoms with E-state index in [1.54, 1.807) is 24.3 Å². The second-order valence-electron chi connectivity index (χ2n) is 7.47. The highest BCUT2D eigenvalue weighted by molar-refractivity contribution is 8.15. The summed E-state index contributed by atoms with van der Waals surface area (Å²) in [5.41, 5.74) is 0.907. The fourth-order valence-electron chi connectivity index (χ4n) is 3.35. The first-order valence-corrected chi connectivity index (χ1v) is 13.4. The van der Waals surface area contributed by atoms with Gasteiger partial charge in [-0.1, -0.05) is 36.8 Å². The Morgan fingerprint density at radius 2 is 1.87 bits per heavy atom. The zero-order valence-corrected chi connectivity index (χ0v) is 20.1. The van der Waals surface area contributed by atoms with Gasteiger partial charge in [0.05, 0.1) is 11.5 Å². The third kappa shape index (κ3) is 6.20. The van der Waals surface area contributed by atoms with Crippen LogP contribution in [0, 0.1) is 11.8 Å². The number of unbranched alkanes of at least 4 members (excludes halogenated alkanes) is 2. The van der Waals surface area contributed by atoms with Gasteiger partial charge in [0.2, 0.25) is 0 Å². The van der Waals surface area contributed by atoms with Crippen molar-refractivity contribution in [3.8, 4) is 17.6 Å². The Morgan fingerprint density at radius 3 is 2.52 bits per heavy atom. The van der Waals surface area contributed by atoms with E-state index < -0.39 is 13.9 Å². The molecule has 1 fully saturated rings. The van der Waals surface area contributed by atoms with E-state index in [1.165, 1.54) is 11.8 Å². The molecular weight excluding hydrogens is 450 g/mol. The van der Waals surface area contributed by atoms with Gasteiger partial charge in [-0.3, -0.25) is 0 Å². The molecule has 1 N–H and O–H groups in total. The molecule has 0 aliphatic carbocycles. The van der Waals surface area contributed by atoms with Crippen molar-refractivity contribution in [2.45, 2.75) is 48.0 Å². The van der Waals surface area contributed by atoms with Gasteiger partial charge in [0, 0.05) is 29.4 Å². The summed E-state index contributed by atoms with van der Waals surface area (Å²) in [4.78, 5) is 0.346. The standard InChI is InChI=1S/C24H28ClNO3S2/c1-2-3-17-29-22-12-14-23(15-13-22)31(27,28)24(18-26-19-30-24)16-6-4-5-7-20-8-10-21(25)11-9-20/h8-15,26H,2-4,6,16-19H2,1H3. The van der Waals surface area contributed by atoms with E-state index >= 15 is 0 Å². The molecule has 0 radical (unpaired) electrons. The van der Waals surface area contributed by atoms with E-state index in [4.69, 9.17) is 16.3 Å². The van der Waals surface area contributed by atoms with Crippen LogP contribution >= 0.6 is 23.4 Å². The molecule has 4 nitrogen and oxygen atoms in total. The van der Waals surface area contributed by atoms with Gasteiger partial charge in [-0.15, -0.1) is 11.8 Å². The van der Waals surface area contributed by atoms with Crippen LogP contribution in [0.5, 0.6) is 5.75 Å². The summed E-state index contributed by atoms with van der Waals surface area (Å²) in [6, 6.07) is 14.2. The van der Waals surface area contributed by atoms with Crippen LogP contribution < -0.4 is 10.1 Å². The van der Waals surface area contributed by atoms with Crippen molar-refractivity contribution < 1.29 is 13.2 Å². The van der Waals surface area contributed by atoms with Crippen LogP contribution in [-0.2, 0) is 9.84 Å². The van der Waals surface area contributed by atoms with Crippen LogP contribution in [0.4, 0.5) is 0 Å². The summed E-state index contributed by atoms with van der Waals surface area (Å²) in [7, 11) is -3.50. The van der Waals surface area contributed by atoms with Gasteiger partial charge in [-0.05, 0) is 67.8 Å². The molecule has 0 saturated carbocycles. The predicted molar refractivity (Wildman–Crippen MR) is 129 cm³/mol. The molecule has 0 amide bonds. The van der Waals surface area contributed by atoms with E-state index in [2.05, 4.69) is 24.1 Å². The highest BCUT2D eigenvalue weighted by atomic mass is 35.5. The van der Waals surface area contributed by atoms with Crippen molar-refractivity contribution in [2.75, 3.05) is 19.0 Å². The van der Waals surface area contributed by atoms with Crippen molar-refractivity contribution >= 4 is 33.2 Å². The molecule has 2 aromatic carbocycles. The number of sulfone groups is 1. The van der Waals surface area contributed by atoms with Crippen LogP contribution in [0.2, 0.25) is 5.02 Å². The SMILES string of the molecule is CCCCOc1ccc(S(=O)(=O)C2(CCCC#Cc3ccc(Cl)cc3)CNCS2)cc1. The van der Waals surface area contributed by atoms with Gasteiger partial charge in [-0.25, -0.2) is 8.42 Å². The zero-order chi connectivity index (χ0) is 22.2. The van der Waals surface area contributed by atoms with Crippen molar-refractivity contribution in [3.63, 3.8) is 0 Å². The van der Waals surface area contributed by atoms with Crippen LogP contribution in [0.25, 0.3) is 0 Å². The van der Waals surface area contributed by atoms with E-state index in [9.17, 15) is 8.42 Å². The van der Waals surface area contributed by atoms with Gasteiger partial charge < -0.3 is 10.1 Å². The molecule has 31 heavy (non-hydrogen) atoms. The molecule has 0 bridgehead atoms. The number of halogens is 1. The van der Waals surface area contributed by atoms with Crippen molar-refractivity contribution in [2.24, 2.45) is 0 Å². The lowest BCUT2D eigenvalue weighted by molar-refractivity contribution is 0.309. The van der Waals surface area contributed by atoms with Crippen LogP contribution in [-0.4, -0.2) is 31.5 Å². The Morgan fingerprint density at radius 1 is 1.13 bits per heavy atom. The summed E-state index contributed by atoms with van der Waals surface area (Å²) < 4.78 is 31.8. The molecule has 1 saturated heterocycles. The van der Waals surface area contributed by atoms with E-state index in [-0.39, 0.29) is 0 Å². The monoisotopic (exact) mass is 477 g/mol. The third-order valence-electron chi connectivity index (χ3n) is 5.16. The summed E-state index contributed by atoms with van der Waals surface area (Å²) in [5, 5.41) is 3.90. The van der Waals surface area contributed by atoms with E-state index in [0.29, 0.717) is 54.0 Å². The predicted octanol–water partition coefficient (Wildman–Crippen LogP) is 5.50. The smallest absolute Gasteiger partial charge is 0.194 e. The van der Waals surface area contributed by atoms with Gasteiger partial charge in [0.15, 0.2) is 9.84 Å². The number of rotatable bonds is 9. The maximum absolute atomic E-state index is 13.5.